The van der Waals surface area contributed by atoms with Gasteiger partial charge in [-0.1, -0.05) is 38.1 Å². The maximum Gasteiger partial charge on any atom is 0.343 e. The van der Waals surface area contributed by atoms with E-state index in [0.29, 0.717) is 34.3 Å². The highest BCUT2D eigenvalue weighted by molar-refractivity contribution is 5.91. The maximum absolute atomic E-state index is 12.3. The van der Waals surface area contributed by atoms with Crippen molar-refractivity contribution < 1.29 is 23.8 Å². The zero-order chi connectivity index (χ0) is 24.5. The van der Waals surface area contributed by atoms with Crippen LogP contribution in [-0.4, -0.2) is 31.8 Å². The minimum Gasteiger partial charge on any atom is -0.497 e. The number of nitrogens with one attached hydrogen (secondary N) is 1. The summed E-state index contributed by atoms with van der Waals surface area (Å²) in [6, 6.07) is 19.4. The summed E-state index contributed by atoms with van der Waals surface area (Å²) in [6.07, 6.45) is 1.47. The van der Waals surface area contributed by atoms with Gasteiger partial charge in [-0.25, -0.2) is 10.2 Å². The SMILES string of the molecule is COc1ccc(C(=O)Oc2cccc(/C=N/NC(=O)COc3cc(C(C)C)ccc3C)c2)cc1. The minimum absolute atomic E-state index is 0.154. The number of hydrazone groups is 1. The number of carbonyl (C=O) groups excluding carboxylic acids is 2. The van der Waals surface area contributed by atoms with Gasteiger partial charge in [0.15, 0.2) is 6.61 Å². The summed E-state index contributed by atoms with van der Waals surface area (Å²) >= 11 is 0. The van der Waals surface area contributed by atoms with Gasteiger partial charge in [0, 0.05) is 0 Å². The van der Waals surface area contributed by atoms with E-state index in [4.69, 9.17) is 14.2 Å². The summed E-state index contributed by atoms with van der Waals surface area (Å²) in [5.41, 5.74) is 5.60. The molecule has 0 aliphatic carbocycles. The fourth-order valence-electron chi connectivity index (χ4n) is 3.04. The van der Waals surface area contributed by atoms with Gasteiger partial charge in [0.05, 0.1) is 18.9 Å². The average Bonchev–Trinajstić information content (AvgIpc) is 2.83. The Balaban J connectivity index is 1.53. The van der Waals surface area contributed by atoms with Crippen LogP contribution in [0.25, 0.3) is 0 Å². The van der Waals surface area contributed by atoms with Gasteiger partial charge < -0.3 is 14.2 Å². The van der Waals surface area contributed by atoms with Gasteiger partial charge >= 0.3 is 5.97 Å². The first-order valence-corrected chi connectivity index (χ1v) is 10.9. The van der Waals surface area contributed by atoms with Crippen molar-refractivity contribution in [1.29, 1.82) is 0 Å². The standard InChI is InChI=1S/C27H28N2O5/c1-18(2)22-9-8-19(3)25(15-22)33-17-26(30)29-28-16-20-6-5-7-24(14-20)34-27(31)21-10-12-23(32-4)13-11-21/h5-16,18H,17H2,1-4H3,(H,29,30)/b28-16+. The van der Waals surface area contributed by atoms with Gasteiger partial charge in [0.2, 0.25) is 0 Å². The quantitative estimate of drug-likeness (QED) is 0.213. The van der Waals surface area contributed by atoms with E-state index in [2.05, 4.69) is 30.4 Å². The Morgan fingerprint density at radius 2 is 1.76 bits per heavy atom. The van der Waals surface area contributed by atoms with Crippen LogP contribution in [0.3, 0.4) is 0 Å². The molecule has 3 rings (SSSR count). The molecule has 0 aromatic heterocycles. The van der Waals surface area contributed by atoms with E-state index >= 15 is 0 Å². The zero-order valence-corrected chi connectivity index (χ0v) is 19.7. The highest BCUT2D eigenvalue weighted by Gasteiger charge is 2.10. The highest BCUT2D eigenvalue weighted by Crippen LogP contribution is 2.24. The van der Waals surface area contributed by atoms with Gasteiger partial charge in [-0.05, 0) is 72.0 Å². The van der Waals surface area contributed by atoms with Crippen LogP contribution in [0.15, 0.2) is 71.8 Å². The van der Waals surface area contributed by atoms with E-state index < -0.39 is 5.97 Å². The lowest BCUT2D eigenvalue weighted by Crippen LogP contribution is -2.24. The number of hydrogen-bond acceptors (Lipinski definition) is 6. The summed E-state index contributed by atoms with van der Waals surface area (Å²) in [5, 5.41) is 3.96. The molecular formula is C27H28N2O5. The molecule has 0 aliphatic heterocycles. The van der Waals surface area contributed by atoms with Crippen molar-refractivity contribution in [1.82, 2.24) is 5.43 Å². The van der Waals surface area contributed by atoms with Crippen LogP contribution in [0.5, 0.6) is 17.2 Å². The van der Waals surface area contributed by atoms with E-state index in [1.54, 1.807) is 55.6 Å². The number of amides is 1. The number of rotatable bonds is 9. The smallest absolute Gasteiger partial charge is 0.343 e. The molecule has 0 spiro atoms. The third-order valence-corrected chi connectivity index (χ3v) is 5.03. The Hall–Kier alpha value is -4.13. The fourth-order valence-corrected chi connectivity index (χ4v) is 3.04. The van der Waals surface area contributed by atoms with Crippen molar-refractivity contribution in [2.24, 2.45) is 5.10 Å². The largest absolute Gasteiger partial charge is 0.497 e. The molecular weight excluding hydrogens is 432 g/mol. The van der Waals surface area contributed by atoms with Crippen LogP contribution in [0.2, 0.25) is 0 Å². The normalized spacial score (nSPS) is 10.9. The average molecular weight is 461 g/mol. The molecule has 7 heteroatoms. The second-order valence-corrected chi connectivity index (χ2v) is 7.95. The van der Waals surface area contributed by atoms with Crippen molar-refractivity contribution in [2.75, 3.05) is 13.7 Å². The summed E-state index contributed by atoms with van der Waals surface area (Å²) in [6.45, 7) is 5.99. The third kappa shape index (κ3) is 6.93. The summed E-state index contributed by atoms with van der Waals surface area (Å²) < 4.78 is 16.2. The lowest BCUT2D eigenvalue weighted by Gasteiger charge is -2.12. The lowest BCUT2D eigenvalue weighted by atomic mass is 10.0. The maximum atomic E-state index is 12.3. The van der Waals surface area contributed by atoms with E-state index in [1.165, 1.54) is 6.21 Å². The Morgan fingerprint density at radius 1 is 1.00 bits per heavy atom. The summed E-state index contributed by atoms with van der Waals surface area (Å²) in [4.78, 5) is 24.5. The first-order chi connectivity index (χ1) is 16.4. The van der Waals surface area contributed by atoms with Crippen molar-refractivity contribution in [3.05, 3.63) is 89.0 Å². The molecule has 0 saturated carbocycles. The second kappa shape index (κ2) is 11.7. The van der Waals surface area contributed by atoms with Gasteiger partial charge in [-0.3, -0.25) is 4.79 Å². The van der Waals surface area contributed by atoms with Gasteiger partial charge in [-0.2, -0.15) is 5.10 Å². The molecule has 176 valence electrons. The predicted molar refractivity (Wildman–Crippen MR) is 131 cm³/mol. The topological polar surface area (TPSA) is 86.2 Å². The molecule has 1 N–H and O–H groups in total. The first kappa shape index (κ1) is 24.5. The minimum atomic E-state index is -0.487. The van der Waals surface area contributed by atoms with Crippen molar-refractivity contribution >= 4 is 18.1 Å². The molecule has 0 unspecified atom stereocenters. The second-order valence-electron chi connectivity index (χ2n) is 7.95. The molecule has 1 amide bonds. The Labute approximate surface area is 199 Å². The van der Waals surface area contributed by atoms with Crippen LogP contribution in [0.1, 0.15) is 46.8 Å². The van der Waals surface area contributed by atoms with Crippen LogP contribution >= 0.6 is 0 Å². The number of nitrogens with zero attached hydrogens (tertiary/aromatic N) is 1. The number of ether oxygens (including phenoxy) is 3. The fraction of sp³-hybridized carbons (Fsp3) is 0.222. The van der Waals surface area contributed by atoms with E-state index in [9.17, 15) is 9.59 Å². The highest BCUT2D eigenvalue weighted by atomic mass is 16.5. The summed E-state index contributed by atoms with van der Waals surface area (Å²) in [7, 11) is 1.56. The van der Waals surface area contributed by atoms with Gasteiger partial charge in [0.1, 0.15) is 17.2 Å². The molecule has 0 fully saturated rings. The Morgan fingerprint density at radius 3 is 2.47 bits per heavy atom. The number of methoxy groups -OCH3 is 1. The van der Waals surface area contributed by atoms with Crippen LogP contribution < -0.4 is 19.6 Å². The number of esters is 1. The van der Waals surface area contributed by atoms with Crippen molar-refractivity contribution in [3.8, 4) is 17.2 Å². The molecule has 0 bridgehead atoms. The molecule has 7 nitrogen and oxygen atoms in total. The van der Waals surface area contributed by atoms with Gasteiger partial charge in [-0.15, -0.1) is 0 Å². The lowest BCUT2D eigenvalue weighted by molar-refractivity contribution is -0.123. The Kier molecular flexibility index (Phi) is 8.40. The van der Waals surface area contributed by atoms with Crippen molar-refractivity contribution in [2.45, 2.75) is 26.7 Å². The monoisotopic (exact) mass is 460 g/mol. The molecule has 3 aromatic carbocycles. The summed E-state index contributed by atoms with van der Waals surface area (Å²) in [5.74, 6) is 1.19. The first-order valence-electron chi connectivity index (χ1n) is 10.9. The Bertz CT molecular complexity index is 1170. The molecule has 0 saturated heterocycles. The van der Waals surface area contributed by atoms with E-state index in [1.807, 2.05) is 19.1 Å². The molecule has 0 aliphatic rings. The van der Waals surface area contributed by atoms with E-state index in [-0.39, 0.29) is 12.5 Å². The predicted octanol–water partition coefficient (Wildman–Crippen LogP) is 4.88. The number of carbonyl (C=O) groups is 2. The zero-order valence-electron chi connectivity index (χ0n) is 19.7. The van der Waals surface area contributed by atoms with Crippen LogP contribution in [0.4, 0.5) is 0 Å². The third-order valence-electron chi connectivity index (χ3n) is 5.03. The number of aryl methyl sites for hydroxylation is 1. The van der Waals surface area contributed by atoms with Crippen LogP contribution in [0, 0.1) is 6.92 Å². The molecule has 34 heavy (non-hydrogen) atoms. The number of hydrogen-bond donors (Lipinski definition) is 1. The van der Waals surface area contributed by atoms with Crippen molar-refractivity contribution in [3.63, 3.8) is 0 Å². The molecule has 0 atom stereocenters. The van der Waals surface area contributed by atoms with Gasteiger partial charge in [0.25, 0.3) is 5.91 Å². The molecule has 0 heterocycles. The van der Waals surface area contributed by atoms with Crippen LogP contribution in [-0.2, 0) is 4.79 Å². The molecule has 3 aromatic rings. The van der Waals surface area contributed by atoms with E-state index in [0.717, 1.165) is 11.1 Å². The molecule has 0 radical (unpaired) electrons. The number of benzene rings is 3.